The maximum Gasteiger partial charge on any atom is 0.345 e. The molecule has 1 rings (SSSR count). The van der Waals surface area contributed by atoms with E-state index in [1.54, 1.807) is 19.1 Å². The van der Waals surface area contributed by atoms with Crippen molar-refractivity contribution in [1.82, 2.24) is 10.2 Å². The van der Waals surface area contributed by atoms with Crippen LogP contribution in [-0.2, 0) is 6.54 Å². The lowest BCUT2D eigenvalue weighted by Gasteiger charge is -2.27. The number of carbonyl (C=O) groups is 1. The van der Waals surface area contributed by atoms with Gasteiger partial charge in [0.2, 0.25) is 0 Å². The summed E-state index contributed by atoms with van der Waals surface area (Å²) >= 11 is 1.25. The van der Waals surface area contributed by atoms with E-state index in [-0.39, 0.29) is 0 Å². The summed E-state index contributed by atoms with van der Waals surface area (Å²) in [5, 5.41) is 22.0. The summed E-state index contributed by atoms with van der Waals surface area (Å²) in [5.74, 6) is -0.897. The molecule has 0 bridgehead atoms. The van der Waals surface area contributed by atoms with E-state index >= 15 is 0 Å². The van der Waals surface area contributed by atoms with Crippen molar-refractivity contribution in [2.75, 3.05) is 27.2 Å². The topological polar surface area (TPSA) is 72.8 Å². The molecule has 0 aliphatic carbocycles. The van der Waals surface area contributed by atoms with Gasteiger partial charge in [-0.25, -0.2) is 4.79 Å². The lowest BCUT2D eigenvalue weighted by molar-refractivity contribution is 0.0336. The quantitative estimate of drug-likeness (QED) is 0.686. The van der Waals surface area contributed by atoms with Gasteiger partial charge in [0.25, 0.3) is 0 Å². The number of aliphatic hydroxyl groups is 1. The van der Waals surface area contributed by atoms with Crippen molar-refractivity contribution in [3.63, 3.8) is 0 Å². The Hall–Kier alpha value is -0.950. The van der Waals surface area contributed by atoms with E-state index in [0.717, 1.165) is 4.88 Å². The molecule has 0 spiro atoms. The summed E-state index contributed by atoms with van der Waals surface area (Å²) in [6.07, 6.45) is 0. The maximum atomic E-state index is 10.7. The zero-order chi connectivity index (χ0) is 13.8. The molecule has 0 aliphatic heterocycles. The van der Waals surface area contributed by atoms with E-state index in [2.05, 4.69) is 5.32 Å². The Morgan fingerprint density at radius 2 is 2.17 bits per heavy atom. The van der Waals surface area contributed by atoms with Gasteiger partial charge in [0.05, 0.1) is 5.60 Å². The van der Waals surface area contributed by atoms with Crippen molar-refractivity contribution in [2.45, 2.75) is 19.1 Å². The van der Waals surface area contributed by atoms with Crippen LogP contribution in [0.15, 0.2) is 12.1 Å². The molecule has 1 unspecified atom stereocenters. The number of carboxylic acids is 1. The molecule has 1 aromatic heterocycles. The molecule has 102 valence electrons. The van der Waals surface area contributed by atoms with Gasteiger partial charge in [-0.2, -0.15) is 0 Å². The van der Waals surface area contributed by atoms with Gasteiger partial charge >= 0.3 is 5.97 Å². The second-order valence-corrected chi connectivity index (χ2v) is 6.08. The summed E-state index contributed by atoms with van der Waals surface area (Å²) in [6, 6.07) is 3.39. The lowest BCUT2D eigenvalue weighted by atomic mass is 10.1. The fourth-order valence-electron chi connectivity index (χ4n) is 1.78. The van der Waals surface area contributed by atoms with E-state index in [4.69, 9.17) is 5.11 Å². The van der Waals surface area contributed by atoms with Crippen LogP contribution in [0.5, 0.6) is 0 Å². The van der Waals surface area contributed by atoms with Crippen LogP contribution in [0.4, 0.5) is 0 Å². The number of hydrogen-bond acceptors (Lipinski definition) is 5. The summed E-state index contributed by atoms with van der Waals surface area (Å²) in [4.78, 5) is 13.9. The third kappa shape index (κ3) is 5.14. The molecular formula is C12H20N2O3S. The third-order valence-electron chi connectivity index (χ3n) is 2.33. The fourth-order valence-corrected chi connectivity index (χ4v) is 2.60. The average Bonchev–Trinajstić information content (AvgIpc) is 2.63. The first-order valence-corrected chi connectivity index (χ1v) is 6.52. The van der Waals surface area contributed by atoms with Crippen molar-refractivity contribution in [3.05, 3.63) is 21.9 Å². The van der Waals surface area contributed by atoms with Gasteiger partial charge in [-0.05, 0) is 33.2 Å². The molecule has 1 heterocycles. The Bertz CT molecular complexity index is 402. The number of likely N-dealkylation sites (N-methyl/N-ethyl adjacent to an activating group) is 1. The van der Waals surface area contributed by atoms with Crippen molar-refractivity contribution < 1.29 is 15.0 Å². The van der Waals surface area contributed by atoms with Crippen LogP contribution in [0.1, 0.15) is 21.5 Å². The summed E-state index contributed by atoms with van der Waals surface area (Å²) < 4.78 is 0. The second kappa shape index (κ2) is 6.29. The molecule has 0 radical (unpaired) electrons. The number of thiophene rings is 1. The molecule has 1 atom stereocenters. The van der Waals surface area contributed by atoms with Crippen molar-refractivity contribution >= 4 is 17.3 Å². The fraction of sp³-hybridized carbons (Fsp3) is 0.583. The Kier molecular flexibility index (Phi) is 5.28. The van der Waals surface area contributed by atoms with Crippen LogP contribution in [0.3, 0.4) is 0 Å². The molecule has 0 fully saturated rings. The lowest BCUT2D eigenvalue weighted by Crippen LogP contribution is -2.45. The van der Waals surface area contributed by atoms with E-state index in [9.17, 15) is 9.90 Å². The standard InChI is InChI=1S/C12H20N2O3S/c1-12(17,8-14(2)3)7-13-6-9-4-5-10(18-9)11(15)16/h4-5,13,17H,6-8H2,1-3H3,(H,15,16). The molecule has 0 aliphatic rings. The van der Waals surface area contributed by atoms with Crippen molar-refractivity contribution in [3.8, 4) is 0 Å². The van der Waals surface area contributed by atoms with Gasteiger partial charge in [0.15, 0.2) is 0 Å². The Morgan fingerprint density at radius 1 is 1.50 bits per heavy atom. The molecule has 6 heteroatoms. The molecule has 18 heavy (non-hydrogen) atoms. The first kappa shape index (κ1) is 15.1. The minimum atomic E-state index is -0.897. The second-order valence-electron chi connectivity index (χ2n) is 4.91. The predicted molar refractivity (Wildman–Crippen MR) is 72.2 cm³/mol. The van der Waals surface area contributed by atoms with Crippen LogP contribution < -0.4 is 5.32 Å². The zero-order valence-electron chi connectivity index (χ0n) is 10.9. The minimum Gasteiger partial charge on any atom is -0.477 e. The normalized spacial score (nSPS) is 14.7. The van der Waals surface area contributed by atoms with Gasteiger partial charge < -0.3 is 20.4 Å². The third-order valence-corrected chi connectivity index (χ3v) is 3.41. The maximum absolute atomic E-state index is 10.7. The first-order chi connectivity index (χ1) is 8.30. The summed E-state index contributed by atoms with van der Waals surface area (Å²) in [6.45, 7) is 3.38. The Morgan fingerprint density at radius 3 is 2.67 bits per heavy atom. The molecular weight excluding hydrogens is 252 g/mol. The number of carboxylic acid groups (broad SMARTS) is 1. The Balaban J connectivity index is 2.39. The van der Waals surface area contributed by atoms with E-state index in [0.29, 0.717) is 24.5 Å². The van der Waals surface area contributed by atoms with Crippen molar-refractivity contribution in [1.29, 1.82) is 0 Å². The number of hydrogen-bond donors (Lipinski definition) is 3. The molecule has 0 amide bonds. The molecule has 5 nitrogen and oxygen atoms in total. The zero-order valence-corrected chi connectivity index (χ0v) is 11.8. The molecule has 0 saturated heterocycles. The molecule has 1 aromatic rings. The molecule has 3 N–H and O–H groups in total. The van der Waals surface area contributed by atoms with Crippen LogP contribution in [0, 0.1) is 0 Å². The van der Waals surface area contributed by atoms with Gasteiger partial charge in [0, 0.05) is 24.5 Å². The minimum absolute atomic E-state index is 0.340. The highest BCUT2D eigenvalue weighted by molar-refractivity contribution is 7.13. The smallest absolute Gasteiger partial charge is 0.345 e. The Labute approximate surface area is 111 Å². The highest BCUT2D eigenvalue weighted by atomic mass is 32.1. The average molecular weight is 272 g/mol. The predicted octanol–water partition coefficient (Wildman–Crippen LogP) is 0.848. The van der Waals surface area contributed by atoms with Gasteiger partial charge in [0.1, 0.15) is 4.88 Å². The van der Waals surface area contributed by atoms with Gasteiger partial charge in [-0.15, -0.1) is 11.3 Å². The summed E-state index contributed by atoms with van der Waals surface area (Å²) in [5.41, 5.74) is -0.795. The molecule has 0 aromatic carbocycles. The van der Waals surface area contributed by atoms with Gasteiger partial charge in [-0.1, -0.05) is 0 Å². The number of nitrogens with one attached hydrogen (secondary N) is 1. The van der Waals surface area contributed by atoms with E-state index in [1.165, 1.54) is 11.3 Å². The van der Waals surface area contributed by atoms with E-state index < -0.39 is 11.6 Å². The first-order valence-electron chi connectivity index (χ1n) is 5.70. The van der Waals surface area contributed by atoms with Crippen LogP contribution in [-0.4, -0.2) is 53.9 Å². The van der Waals surface area contributed by atoms with Crippen LogP contribution in [0.25, 0.3) is 0 Å². The van der Waals surface area contributed by atoms with Crippen LogP contribution in [0.2, 0.25) is 0 Å². The van der Waals surface area contributed by atoms with E-state index in [1.807, 2.05) is 19.0 Å². The number of aromatic carboxylic acids is 1. The summed E-state index contributed by atoms with van der Waals surface area (Å²) in [7, 11) is 3.82. The highest BCUT2D eigenvalue weighted by Gasteiger charge is 2.20. The monoisotopic (exact) mass is 272 g/mol. The highest BCUT2D eigenvalue weighted by Crippen LogP contribution is 2.16. The molecule has 0 saturated carbocycles. The number of nitrogens with zero attached hydrogens (tertiary/aromatic N) is 1. The largest absolute Gasteiger partial charge is 0.477 e. The van der Waals surface area contributed by atoms with Crippen molar-refractivity contribution in [2.24, 2.45) is 0 Å². The van der Waals surface area contributed by atoms with Crippen LogP contribution >= 0.6 is 11.3 Å². The van der Waals surface area contributed by atoms with Gasteiger partial charge in [-0.3, -0.25) is 0 Å². The number of rotatable bonds is 7. The SMILES string of the molecule is CN(C)CC(C)(O)CNCc1ccc(C(=O)O)s1.